The lowest BCUT2D eigenvalue weighted by Gasteiger charge is -2.09. The topological polar surface area (TPSA) is 12.0 Å². The number of anilines is 1. The zero-order valence-electron chi connectivity index (χ0n) is 11.9. The molecular formula is C18H23N. The summed E-state index contributed by atoms with van der Waals surface area (Å²) in [6.45, 7) is 5.26. The highest BCUT2D eigenvalue weighted by Crippen LogP contribution is 2.15. The Labute approximate surface area is 116 Å². The largest absolute Gasteiger partial charge is 0.381 e. The van der Waals surface area contributed by atoms with Crippen LogP contribution in [-0.4, -0.2) is 0 Å². The van der Waals surface area contributed by atoms with Crippen LogP contribution in [0.5, 0.6) is 0 Å². The highest BCUT2D eigenvalue weighted by atomic mass is 14.9. The molecule has 100 valence electrons. The molecule has 0 bridgehead atoms. The molecule has 0 unspecified atom stereocenters. The molecule has 2 rings (SSSR count). The molecule has 0 fully saturated rings. The first-order chi connectivity index (χ1) is 9.29. The Morgan fingerprint density at radius 2 is 1.58 bits per heavy atom. The lowest BCUT2D eigenvalue weighted by molar-refractivity contribution is 0.794. The van der Waals surface area contributed by atoms with Gasteiger partial charge < -0.3 is 5.32 Å². The number of benzene rings is 2. The van der Waals surface area contributed by atoms with Crippen molar-refractivity contribution in [2.75, 3.05) is 5.32 Å². The molecule has 0 aliphatic rings. The predicted molar refractivity (Wildman–Crippen MR) is 83.6 cm³/mol. The molecular weight excluding hydrogens is 230 g/mol. The maximum Gasteiger partial charge on any atom is 0.0400 e. The van der Waals surface area contributed by atoms with Gasteiger partial charge in [-0.05, 0) is 42.5 Å². The van der Waals surface area contributed by atoms with Gasteiger partial charge in [0.1, 0.15) is 0 Å². The summed E-state index contributed by atoms with van der Waals surface area (Å²) in [6.07, 6.45) is 3.74. The van der Waals surface area contributed by atoms with Gasteiger partial charge in [0, 0.05) is 12.2 Å². The van der Waals surface area contributed by atoms with Crippen molar-refractivity contribution in [1.82, 2.24) is 0 Å². The van der Waals surface area contributed by atoms with Crippen LogP contribution < -0.4 is 5.32 Å². The predicted octanol–water partition coefficient (Wildman–Crippen LogP) is 4.95. The van der Waals surface area contributed by atoms with Crippen LogP contribution in [0.2, 0.25) is 0 Å². The van der Waals surface area contributed by atoms with Crippen LogP contribution >= 0.6 is 0 Å². The summed E-state index contributed by atoms with van der Waals surface area (Å²) < 4.78 is 0. The van der Waals surface area contributed by atoms with Crippen molar-refractivity contribution in [3.8, 4) is 0 Å². The Morgan fingerprint density at radius 1 is 0.895 bits per heavy atom. The summed E-state index contributed by atoms with van der Waals surface area (Å²) in [5.41, 5.74) is 5.30. The van der Waals surface area contributed by atoms with Gasteiger partial charge in [0.05, 0.1) is 0 Å². The van der Waals surface area contributed by atoms with Crippen LogP contribution in [0.25, 0.3) is 0 Å². The van der Waals surface area contributed by atoms with Crippen LogP contribution in [0.4, 0.5) is 5.69 Å². The summed E-state index contributed by atoms with van der Waals surface area (Å²) in [5, 5.41) is 3.49. The van der Waals surface area contributed by atoms with Gasteiger partial charge in [-0.2, -0.15) is 0 Å². The molecule has 2 aromatic rings. The minimum atomic E-state index is 0.888. The molecule has 0 atom stereocenters. The van der Waals surface area contributed by atoms with Crippen molar-refractivity contribution in [2.24, 2.45) is 0 Å². The average Bonchev–Trinajstić information content (AvgIpc) is 2.45. The minimum absolute atomic E-state index is 0.888. The Balaban J connectivity index is 1.91. The normalized spacial score (nSPS) is 10.4. The van der Waals surface area contributed by atoms with Gasteiger partial charge >= 0.3 is 0 Å². The van der Waals surface area contributed by atoms with E-state index in [0.29, 0.717) is 0 Å². The van der Waals surface area contributed by atoms with Crippen LogP contribution in [0.1, 0.15) is 36.5 Å². The lowest BCUT2D eigenvalue weighted by atomic mass is 10.1. The number of para-hydroxylation sites is 1. The van der Waals surface area contributed by atoms with Gasteiger partial charge in [-0.3, -0.25) is 0 Å². The van der Waals surface area contributed by atoms with E-state index in [1.54, 1.807) is 0 Å². The van der Waals surface area contributed by atoms with Crippen LogP contribution in [-0.2, 0) is 13.0 Å². The van der Waals surface area contributed by atoms with Gasteiger partial charge in [-0.25, -0.2) is 0 Å². The molecule has 0 saturated carbocycles. The maximum atomic E-state index is 3.49. The summed E-state index contributed by atoms with van der Waals surface area (Å²) in [4.78, 5) is 0. The van der Waals surface area contributed by atoms with Gasteiger partial charge in [-0.1, -0.05) is 55.8 Å². The Hall–Kier alpha value is -1.76. The molecule has 0 heterocycles. The SMILES string of the molecule is CCCCc1ccc(CNc2ccccc2C)cc1. The molecule has 1 heteroatoms. The smallest absolute Gasteiger partial charge is 0.0400 e. The second kappa shape index (κ2) is 6.98. The van der Waals surface area contributed by atoms with E-state index in [-0.39, 0.29) is 0 Å². The Bertz CT molecular complexity index is 499. The van der Waals surface area contributed by atoms with Gasteiger partial charge in [-0.15, -0.1) is 0 Å². The molecule has 1 N–H and O–H groups in total. The molecule has 0 spiro atoms. The standard InChI is InChI=1S/C18H23N/c1-3-4-8-16-10-12-17(13-11-16)14-19-18-9-6-5-7-15(18)2/h5-7,9-13,19H,3-4,8,14H2,1-2H3. The minimum Gasteiger partial charge on any atom is -0.381 e. The van der Waals surface area contributed by atoms with E-state index in [0.717, 1.165) is 6.54 Å². The van der Waals surface area contributed by atoms with E-state index in [2.05, 4.69) is 67.7 Å². The maximum absolute atomic E-state index is 3.49. The molecule has 19 heavy (non-hydrogen) atoms. The summed E-state index contributed by atoms with van der Waals surface area (Å²) >= 11 is 0. The van der Waals surface area contributed by atoms with Crippen LogP contribution in [0.15, 0.2) is 48.5 Å². The summed E-state index contributed by atoms with van der Waals surface area (Å²) in [6, 6.07) is 17.4. The van der Waals surface area contributed by atoms with Crippen molar-refractivity contribution in [1.29, 1.82) is 0 Å². The first kappa shape index (κ1) is 13.7. The number of aryl methyl sites for hydroxylation is 2. The van der Waals surface area contributed by atoms with Gasteiger partial charge in [0.2, 0.25) is 0 Å². The molecule has 0 aliphatic heterocycles. The fourth-order valence-corrected chi connectivity index (χ4v) is 2.17. The molecule has 0 saturated heterocycles. The third kappa shape index (κ3) is 4.13. The van der Waals surface area contributed by atoms with Crippen molar-refractivity contribution in [3.05, 3.63) is 65.2 Å². The van der Waals surface area contributed by atoms with Crippen LogP contribution in [0, 0.1) is 6.92 Å². The number of hydrogen-bond donors (Lipinski definition) is 1. The van der Waals surface area contributed by atoms with E-state index in [1.807, 2.05) is 0 Å². The van der Waals surface area contributed by atoms with Crippen molar-refractivity contribution in [3.63, 3.8) is 0 Å². The monoisotopic (exact) mass is 253 g/mol. The zero-order chi connectivity index (χ0) is 13.5. The Morgan fingerprint density at radius 3 is 2.26 bits per heavy atom. The molecule has 0 amide bonds. The lowest BCUT2D eigenvalue weighted by Crippen LogP contribution is -2.00. The third-order valence-electron chi connectivity index (χ3n) is 3.47. The molecule has 0 aromatic heterocycles. The molecule has 2 aromatic carbocycles. The van der Waals surface area contributed by atoms with E-state index < -0.39 is 0 Å². The van der Waals surface area contributed by atoms with Gasteiger partial charge in [0.25, 0.3) is 0 Å². The third-order valence-corrected chi connectivity index (χ3v) is 3.47. The van der Waals surface area contributed by atoms with Crippen molar-refractivity contribution < 1.29 is 0 Å². The van der Waals surface area contributed by atoms with E-state index in [1.165, 1.54) is 41.6 Å². The van der Waals surface area contributed by atoms with Gasteiger partial charge in [0.15, 0.2) is 0 Å². The second-order valence-corrected chi connectivity index (χ2v) is 5.09. The molecule has 0 aliphatic carbocycles. The number of hydrogen-bond acceptors (Lipinski definition) is 1. The summed E-state index contributed by atoms with van der Waals surface area (Å²) in [5.74, 6) is 0. The highest BCUT2D eigenvalue weighted by molar-refractivity contribution is 5.50. The van der Waals surface area contributed by atoms with E-state index >= 15 is 0 Å². The number of rotatable bonds is 6. The van der Waals surface area contributed by atoms with Crippen LogP contribution in [0.3, 0.4) is 0 Å². The van der Waals surface area contributed by atoms with E-state index in [4.69, 9.17) is 0 Å². The first-order valence-electron chi connectivity index (χ1n) is 7.17. The average molecular weight is 253 g/mol. The first-order valence-corrected chi connectivity index (χ1v) is 7.17. The highest BCUT2D eigenvalue weighted by Gasteiger charge is 1.98. The summed E-state index contributed by atoms with van der Waals surface area (Å²) in [7, 11) is 0. The number of unbranched alkanes of at least 4 members (excludes halogenated alkanes) is 1. The second-order valence-electron chi connectivity index (χ2n) is 5.09. The quantitative estimate of drug-likeness (QED) is 0.768. The van der Waals surface area contributed by atoms with Crippen molar-refractivity contribution in [2.45, 2.75) is 39.7 Å². The van der Waals surface area contributed by atoms with E-state index in [9.17, 15) is 0 Å². The van der Waals surface area contributed by atoms with Crippen molar-refractivity contribution >= 4 is 5.69 Å². The Kier molecular flexibility index (Phi) is 5.02. The fourth-order valence-electron chi connectivity index (χ4n) is 2.17. The zero-order valence-corrected chi connectivity index (χ0v) is 11.9. The number of nitrogens with one attached hydrogen (secondary N) is 1. The molecule has 0 radical (unpaired) electrons. The molecule has 1 nitrogen and oxygen atoms in total. The fraction of sp³-hybridized carbons (Fsp3) is 0.333.